The first-order chi connectivity index (χ1) is 27.1. The molecule has 7 atom stereocenters. The maximum absolute atomic E-state index is 12.8. The van der Waals surface area contributed by atoms with Crippen molar-refractivity contribution in [2.75, 3.05) is 85.1 Å². The number of hydrogen-bond acceptors (Lipinski definition) is 17. The van der Waals surface area contributed by atoms with Gasteiger partial charge in [0.05, 0.1) is 64.3 Å². The monoisotopic (exact) mass is 846 g/mol. The molecular weight excluding hydrogens is 774 g/mol. The molecule has 0 aromatic carbocycles. The SMILES string of the molecule is CC.CCCC.CCCOCCC(C)=O.COCCOCCSC[C@H](NC(=O)OCCOC)C(=O)NCC(=O)NC1C(O)CC(C)(C(=O)[O-])OC1[C@H](O)[C@H](O)CO. The zero-order valence-corrected chi connectivity index (χ0v) is 36.2. The molecule has 4 unspecified atom stereocenters. The molecule has 1 heterocycles. The Morgan fingerprint density at radius 2 is 1.51 bits per heavy atom. The third-order valence-corrected chi connectivity index (χ3v) is 8.55. The van der Waals surface area contributed by atoms with Crippen LogP contribution in [-0.4, -0.2) is 177 Å². The number of aliphatic hydroxyl groups excluding tert-OH is 4. The predicted octanol–water partition coefficient (Wildman–Crippen LogP) is -0.678. The fourth-order valence-electron chi connectivity index (χ4n) is 4.22. The van der Waals surface area contributed by atoms with E-state index in [9.17, 15) is 49.5 Å². The van der Waals surface area contributed by atoms with Crippen molar-refractivity contribution in [2.24, 2.45) is 0 Å². The quantitative estimate of drug-likeness (QED) is 0.0531. The molecule has 0 aromatic heterocycles. The van der Waals surface area contributed by atoms with Crippen molar-refractivity contribution in [2.45, 2.75) is 123 Å². The third kappa shape index (κ3) is 29.2. The Labute approximate surface area is 342 Å². The standard InChI is InChI=1S/C24H43N3O14S.C7H14O2.C4H10.C2H6/c1-24(22(34)35)10-15(29)18(20(41-24)19(32)16(30)12-28)27-17(31)11-25-21(33)14(26-23(36)40-7-5-38-3)13-42-9-8-39-6-4-37-2;1-3-5-9-6-4-7(2)8;1-3-4-2;1-2/h14-16,18-20,28-30,32H,4-13H2,1-3H3,(H,25,33)(H,26,36)(H,27,31)(H,34,35);3-6H2,1-2H3;3-4H2,1-2H3;1-2H3/p-1/t14-,15?,16+,18?,19+,20?,24?;;;/m0.../s1. The van der Waals surface area contributed by atoms with E-state index >= 15 is 0 Å². The summed E-state index contributed by atoms with van der Waals surface area (Å²) in [5.74, 6) is -2.52. The fraction of sp³-hybridized carbons (Fsp3) is 0.865. The van der Waals surface area contributed by atoms with Crippen LogP contribution in [0.2, 0.25) is 0 Å². The number of carbonyl (C=O) groups excluding carboxylic acids is 5. The molecular formula is C37H72N3O16S-. The highest BCUT2D eigenvalue weighted by Gasteiger charge is 2.49. The first-order valence-electron chi connectivity index (χ1n) is 19.3. The number of aliphatic hydroxyl groups is 4. The van der Waals surface area contributed by atoms with Crippen molar-refractivity contribution in [1.29, 1.82) is 0 Å². The van der Waals surface area contributed by atoms with Crippen LogP contribution in [-0.2, 0) is 47.6 Å². The summed E-state index contributed by atoms with van der Waals surface area (Å²) < 4.78 is 30.5. The van der Waals surface area contributed by atoms with Gasteiger partial charge in [-0.3, -0.25) is 14.4 Å². The first-order valence-corrected chi connectivity index (χ1v) is 20.5. The van der Waals surface area contributed by atoms with Crippen molar-refractivity contribution in [3.63, 3.8) is 0 Å². The van der Waals surface area contributed by atoms with Gasteiger partial charge in [0.25, 0.3) is 0 Å². The molecule has 7 N–H and O–H groups in total. The lowest BCUT2D eigenvalue weighted by atomic mass is 9.84. The topological polar surface area (TPSA) is 281 Å². The highest BCUT2D eigenvalue weighted by atomic mass is 32.2. The number of unbranched alkanes of at least 4 members (excludes halogenated alkanes) is 1. The van der Waals surface area contributed by atoms with Crippen LogP contribution in [0.15, 0.2) is 0 Å². The zero-order valence-electron chi connectivity index (χ0n) is 35.4. The summed E-state index contributed by atoms with van der Waals surface area (Å²) in [6.07, 6.45) is -4.14. The number of ketones is 1. The van der Waals surface area contributed by atoms with Crippen molar-refractivity contribution in [3.05, 3.63) is 0 Å². The van der Waals surface area contributed by atoms with Crippen molar-refractivity contribution in [3.8, 4) is 0 Å². The molecule has 0 radical (unpaired) electrons. The van der Waals surface area contributed by atoms with Gasteiger partial charge in [0.1, 0.15) is 42.3 Å². The molecule has 1 saturated heterocycles. The lowest BCUT2D eigenvalue weighted by Gasteiger charge is -2.48. The number of hydrogen-bond donors (Lipinski definition) is 7. The fourth-order valence-corrected chi connectivity index (χ4v) is 5.10. The van der Waals surface area contributed by atoms with Crippen molar-refractivity contribution in [1.82, 2.24) is 16.0 Å². The number of methoxy groups -OCH3 is 2. The minimum atomic E-state index is -2.07. The molecule has 0 spiro atoms. The van der Waals surface area contributed by atoms with Gasteiger partial charge in [-0.15, -0.1) is 0 Å². The van der Waals surface area contributed by atoms with Crippen LogP contribution in [0.5, 0.6) is 0 Å². The van der Waals surface area contributed by atoms with Gasteiger partial charge in [-0.25, -0.2) is 4.79 Å². The van der Waals surface area contributed by atoms with E-state index in [1.54, 1.807) is 14.0 Å². The number of nitrogens with one attached hydrogen (secondary N) is 3. The number of carboxylic acids is 1. The number of amides is 3. The Balaban J connectivity index is -0.00000164. The predicted molar refractivity (Wildman–Crippen MR) is 211 cm³/mol. The van der Waals surface area contributed by atoms with Crippen LogP contribution in [0.1, 0.15) is 80.6 Å². The van der Waals surface area contributed by atoms with Gasteiger partial charge in [0, 0.05) is 45.2 Å². The highest BCUT2D eigenvalue weighted by Crippen LogP contribution is 2.31. The van der Waals surface area contributed by atoms with E-state index in [1.165, 1.54) is 31.7 Å². The molecule has 1 aliphatic heterocycles. The van der Waals surface area contributed by atoms with Crippen LogP contribution in [0.3, 0.4) is 0 Å². The molecule has 0 saturated carbocycles. The number of carboxylic acid groups (broad SMARTS) is 1. The summed E-state index contributed by atoms with van der Waals surface area (Å²) in [7, 11) is 2.96. The average molecular weight is 847 g/mol. The number of ether oxygens (including phenoxy) is 6. The van der Waals surface area contributed by atoms with Gasteiger partial charge in [-0.1, -0.05) is 47.5 Å². The number of carbonyl (C=O) groups is 5. The van der Waals surface area contributed by atoms with E-state index in [0.717, 1.165) is 20.0 Å². The van der Waals surface area contributed by atoms with Crippen LogP contribution in [0, 0.1) is 0 Å². The molecule has 0 aliphatic carbocycles. The van der Waals surface area contributed by atoms with Crippen LogP contribution in [0.25, 0.3) is 0 Å². The van der Waals surface area contributed by atoms with E-state index in [1.807, 2.05) is 20.8 Å². The minimum absolute atomic E-state index is 0.0552. The lowest BCUT2D eigenvalue weighted by molar-refractivity contribution is -0.338. The van der Waals surface area contributed by atoms with Crippen molar-refractivity contribution < 1.29 is 77.9 Å². The lowest BCUT2D eigenvalue weighted by Crippen LogP contribution is -2.68. The molecule has 3 amide bonds. The van der Waals surface area contributed by atoms with Gasteiger partial charge in [0.15, 0.2) is 0 Å². The van der Waals surface area contributed by atoms with Crippen LogP contribution >= 0.6 is 11.8 Å². The average Bonchev–Trinajstić information content (AvgIpc) is 3.19. The second kappa shape index (κ2) is 37.6. The molecule has 0 aromatic rings. The summed E-state index contributed by atoms with van der Waals surface area (Å²) in [5, 5.41) is 58.8. The Bertz CT molecular complexity index is 1060. The Hall–Kier alpha value is -2.66. The maximum atomic E-state index is 12.8. The van der Waals surface area contributed by atoms with Gasteiger partial charge in [-0.2, -0.15) is 11.8 Å². The Morgan fingerprint density at radius 1 is 0.912 bits per heavy atom. The van der Waals surface area contributed by atoms with Gasteiger partial charge >= 0.3 is 6.09 Å². The molecule has 19 nitrogen and oxygen atoms in total. The summed E-state index contributed by atoms with van der Waals surface area (Å²) in [6.45, 7) is 14.1. The summed E-state index contributed by atoms with van der Waals surface area (Å²) in [6, 6.07) is -2.55. The number of alkyl carbamates (subject to hydrolysis) is 1. The minimum Gasteiger partial charge on any atom is -0.547 e. The number of Topliss-reactive ketones (excluding diaryl/α,β-unsaturated/α-hetero) is 1. The highest BCUT2D eigenvalue weighted by molar-refractivity contribution is 7.99. The van der Waals surface area contributed by atoms with E-state index in [0.29, 0.717) is 38.6 Å². The molecule has 1 fully saturated rings. The first kappa shape index (κ1) is 58.7. The van der Waals surface area contributed by atoms with E-state index in [4.69, 9.17) is 28.4 Å². The molecule has 1 aliphatic rings. The van der Waals surface area contributed by atoms with Crippen LogP contribution in [0.4, 0.5) is 4.79 Å². The molecule has 338 valence electrons. The van der Waals surface area contributed by atoms with E-state index < -0.39 is 85.5 Å². The smallest absolute Gasteiger partial charge is 0.407 e. The second-order valence-corrected chi connectivity index (χ2v) is 13.6. The molecule has 57 heavy (non-hydrogen) atoms. The molecule has 20 heteroatoms. The Morgan fingerprint density at radius 3 is 2.04 bits per heavy atom. The second-order valence-electron chi connectivity index (χ2n) is 12.5. The van der Waals surface area contributed by atoms with Gasteiger partial charge < -0.3 is 74.7 Å². The maximum Gasteiger partial charge on any atom is 0.407 e. The van der Waals surface area contributed by atoms with Gasteiger partial charge in [-0.05, 0) is 20.3 Å². The summed E-state index contributed by atoms with van der Waals surface area (Å²) >= 11 is 1.29. The number of rotatable bonds is 26. The van der Waals surface area contributed by atoms with Crippen molar-refractivity contribution >= 4 is 41.4 Å². The number of thioether (sulfide) groups is 1. The van der Waals surface area contributed by atoms with Crippen LogP contribution < -0.4 is 21.1 Å². The van der Waals surface area contributed by atoms with E-state index in [-0.39, 0.29) is 24.7 Å². The summed E-state index contributed by atoms with van der Waals surface area (Å²) in [5.41, 5.74) is -2.07. The Kier molecular flexibility index (Phi) is 38.7. The number of aliphatic carboxylic acids is 1. The van der Waals surface area contributed by atoms with Gasteiger partial charge in [0.2, 0.25) is 11.8 Å². The third-order valence-electron chi connectivity index (χ3n) is 7.53. The normalized spacial score (nSPS) is 20.0. The molecule has 1 rings (SSSR count). The molecule has 0 bridgehead atoms. The van der Waals surface area contributed by atoms with E-state index in [2.05, 4.69) is 29.8 Å². The zero-order chi connectivity index (χ0) is 44.2. The summed E-state index contributed by atoms with van der Waals surface area (Å²) in [4.78, 5) is 59.5. The largest absolute Gasteiger partial charge is 0.547 e.